The minimum Gasteiger partial charge on any atom is -0.481 e. The van der Waals surface area contributed by atoms with Crippen molar-refractivity contribution in [2.75, 3.05) is 6.54 Å². The summed E-state index contributed by atoms with van der Waals surface area (Å²) in [6, 6.07) is 4.11. The van der Waals surface area contributed by atoms with E-state index in [2.05, 4.69) is 11.1 Å². The summed E-state index contributed by atoms with van der Waals surface area (Å²) in [5.41, 5.74) is 0. The molecular weight excluding hydrogens is 444 g/mol. The molecule has 0 unspecified atom stereocenters. The lowest BCUT2D eigenvalue weighted by atomic mass is 9.69. The lowest BCUT2D eigenvalue weighted by molar-refractivity contribution is -0.142. The van der Waals surface area contributed by atoms with E-state index in [1.54, 1.807) is 23.1 Å². The second kappa shape index (κ2) is 6.54. The molecule has 0 aromatic carbocycles. The SMILES string of the molecule is O=C(O)CCN1C(=O)[C@@H]2[C@@H]3C[C@@H]([C@H]4Sc5[nH]c(=O)sc5[C@@H](c5cccs5)[C@H]34)[C@@H]2C1=O. The Labute approximate surface area is 183 Å². The quantitative estimate of drug-likeness (QED) is 0.676. The molecule has 2 saturated carbocycles. The fourth-order valence-corrected chi connectivity index (χ4v) is 10.1. The molecule has 6 rings (SSSR count). The van der Waals surface area contributed by atoms with Gasteiger partial charge in [0.2, 0.25) is 11.8 Å². The lowest BCUT2D eigenvalue weighted by Crippen LogP contribution is -2.42. The van der Waals surface area contributed by atoms with E-state index in [1.165, 1.54) is 21.1 Å². The average Bonchev–Trinajstić information content (AvgIpc) is 3.48. The summed E-state index contributed by atoms with van der Waals surface area (Å²) >= 11 is 4.60. The Hall–Kier alpha value is -1.91. The molecule has 2 aliphatic heterocycles. The summed E-state index contributed by atoms with van der Waals surface area (Å²) in [6.07, 6.45) is 0.632. The van der Waals surface area contributed by atoms with Crippen LogP contribution in [0.25, 0.3) is 0 Å². The molecule has 4 aliphatic rings. The van der Waals surface area contributed by atoms with Crippen LogP contribution in [0.5, 0.6) is 0 Å². The van der Waals surface area contributed by atoms with E-state index in [0.717, 1.165) is 16.3 Å². The largest absolute Gasteiger partial charge is 0.481 e. The van der Waals surface area contributed by atoms with Crippen molar-refractivity contribution in [2.24, 2.45) is 29.6 Å². The number of aromatic nitrogens is 1. The maximum absolute atomic E-state index is 13.2. The number of hydrogen-bond donors (Lipinski definition) is 2. The molecule has 7 nitrogen and oxygen atoms in total. The van der Waals surface area contributed by atoms with E-state index < -0.39 is 5.97 Å². The van der Waals surface area contributed by atoms with Crippen LogP contribution in [0, 0.1) is 29.6 Å². The van der Waals surface area contributed by atoms with Gasteiger partial charge in [-0.15, -0.1) is 23.1 Å². The number of fused-ring (bicyclic) bond motifs is 9. The first-order chi connectivity index (χ1) is 14.5. The molecule has 2 aliphatic carbocycles. The highest BCUT2D eigenvalue weighted by atomic mass is 32.2. The van der Waals surface area contributed by atoms with Crippen LogP contribution < -0.4 is 4.87 Å². The molecule has 10 heteroatoms. The molecule has 3 fully saturated rings. The third-order valence-electron chi connectivity index (χ3n) is 7.21. The number of nitrogens with one attached hydrogen (secondary N) is 1. The van der Waals surface area contributed by atoms with E-state index >= 15 is 0 Å². The first-order valence-corrected chi connectivity index (χ1v) is 12.5. The Bertz CT molecular complexity index is 1120. The molecular formula is C20H18N2O5S3. The van der Waals surface area contributed by atoms with Gasteiger partial charge in [0.25, 0.3) is 0 Å². The molecule has 4 heterocycles. The van der Waals surface area contributed by atoms with Crippen molar-refractivity contribution in [3.05, 3.63) is 36.9 Å². The van der Waals surface area contributed by atoms with Crippen LogP contribution in [-0.2, 0) is 14.4 Å². The summed E-state index contributed by atoms with van der Waals surface area (Å²) in [5, 5.41) is 12.1. The van der Waals surface area contributed by atoms with E-state index in [0.29, 0.717) is 0 Å². The molecule has 2 bridgehead atoms. The minimum atomic E-state index is -1.01. The van der Waals surface area contributed by atoms with Crippen molar-refractivity contribution in [2.45, 2.75) is 29.0 Å². The highest BCUT2D eigenvalue weighted by Crippen LogP contribution is 2.68. The molecule has 2 aromatic rings. The monoisotopic (exact) mass is 462 g/mol. The Morgan fingerprint density at radius 2 is 1.97 bits per heavy atom. The molecule has 2 aromatic heterocycles. The maximum atomic E-state index is 13.2. The predicted molar refractivity (Wildman–Crippen MR) is 112 cm³/mol. The highest BCUT2D eigenvalue weighted by Gasteiger charge is 2.69. The Morgan fingerprint density at radius 3 is 2.67 bits per heavy atom. The zero-order valence-electron chi connectivity index (χ0n) is 15.6. The summed E-state index contributed by atoms with van der Waals surface area (Å²) in [5.74, 6) is -1.65. The van der Waals surface area contributed by atoms with Gasteiger partial charge in [0.1, 0.15) is 0 Å². The fraction of sp³-hybridized carbons (Fsp3) is 0.500. The van der Waals surface area contributed by atoms with Crippen molar-refractivity contribution >= 4 is 52.2 Å². The van der Waals surface area contributed by atoms with Crippen LogP contribution in [0.4, 0.5) is 0 Å². The number of carboxylic acid groups (broad SMARTS) is 1. The van der Waals surface area contributed by atoms with Crippen molar-refractivity contribution in [1.29, 1.82) is 0 Å². The normalized spacial score (nSPS) is 36.1. The van der Waals surface area contributed by atoms with Gasteiger partial charge in [-0.25, -0.2) is 0 Å². The van der Waals surface area contributed by atoms with Gasteiger partial charge in [0.15, 0.2) is 0 Å². The first-order valence-electron chi connectivity index (χ1n) is 9.95. The fourth-order valence-electron chi connectivity index (χ4n) is 6.29. The van der Waals surface area contributed by atoms with Gasteiger partial charge in [-0.05, 0) is 35.6 Å². The van der Waals surface area contributed by atoms with Gasteiger partial charge >= 0.3 is 10.8 Å². The van der Waals surface area contributed by atoms with Crippen LogP contribution in [0.15, 0.2) is 27.3 Å². The van der Waals surface area contributed by atoms with Gasteiger partial charge in [0.05, 0.1) is 23.3 Å². The molecule has 2 N–H and O–H groups in total. The van der Waals surface area contributed by atoms with Crippen molar-refractivity contribution in [1.82, 2.24) is 9.88 Å². The van der Waals surface area contributed by atoms with Gasteiger partial charge in [-0.3, -0.25) is 24.1 Å². The Kier molecular flexibility index (Phi) is 4.11. The van der Waals surface area contributed by atoms with Crippen LogP contribution in [-0.4, -0.2) is 44.6 Å². The average molecular weight is 463 g/mol. The zero-order valence-corrected chi connectivity index (χ0v) is 18.1. The maximum Gasteiger partial charge on any atom is 0.305 e. The third-order valence-corrected chi connectivity index (χ3v) is 10.8. The number of amides is 2. The Morgan fingerprint density at radius 1 is 1.20 bits per heavy atom. The molecule has 2 amide bonds. The van der Waals surface area contributed by atoms with Crippen molar-refractivity contribution in [3.8, 4) is 0 Å². The number of carboxylic acids is 1. The minimum absolute atomic E-state index is 0.0447. The first kappa shape index (κ1) is 18.8. The summed E-state index contributed by atoms with van der Waals surface area (Å²) in [7, 11) is 0. The highest BCUT2D eigenvalue weighted by molar-refractivity contribution is 8.00. The van der Waals surface area contributed by atoms with Crippen molar-refractivity contribution in [3.63, 3.8) is 0 Å². The number of imide groups is 1. The molecule has 0 radical (unpaired) electrons. The van der Waals surface area contributed by atoms with Crippen LogP contribution >= 0.6 is 34.4 Å². The number of nitrogens with zero attached hydrogens (tertiary/aromatic N) is 1. The van der Waals surface area contributed by atoms with Gasteiger partial charge in [-0.2, -0.15) is 0 Å². The molecule has 156 valence electrons. The summed E-state index contributed by atoms with van der Waals surface area (Å²) < 4.78 is 0. The second-order valence-electron chi connectivity index (χ2n) is 8.45. The summed E-state index contributed by atoms with van der Waals surface area (Å²) in [6.45, 7) is -0.0447. The molecule has 1 saturated heterocycles. The van der Waals surface area contributed by atoms with Gasteiger partial charge < -0.3 is 10.1 Å². The lowest BCUT2D eigenvalue weighted by Gasteiger charge is -2.42. The molecule has 0 spiro atoms. The zero-order chi connectivity index (χ0) is 20.7. The number of carbonyl (C=O) groups is 3. The van der Waals surface area contributed by atoms with E-state index in [9.17, 15) is 19.2 Å². The van der Waals surface area contributed by atoms with Gasteiger partial charge in [0, 0.05) is 27.5 Å². The number of thiophene rings is 1. The number of thioether (sulfide) groups is 1. The van der Waals surface area contributed by atoms with Crippen LogP contribution in [0.2, 0.25) is 0 Å². The van der Waals surface area contributed by atoms with Crippen LogP contribution in [0.1, 0.15) is 28.5 Å². The Balaban J connectivity index is 1.40. The number of aliphatic carboxylic acids is 1. The van der Waals surface area contributed by atoms with E-state index in [4.69, 9.17) is 5.11 Å². The second-order valence-corrected chi connectivity index (χ2v) is 11.6. The molecule has 30 heavy (non-hydrogen) atoms. The molecule has 7 atom stereocenters. The van der Waals surface area contributed by atoms with Crippen molar-refractivity contribution < 1.29 is 19.5 Å². The number of carbonyl (C=O) groups excluding carboxylic acids is 2. The summed E-state index contributed by atoms with van der Waals surface area (Å²) in [4.78, 5) is 55.7. The number of rotatable bonds is 4. The third kappa shape index (κ3) is 2.44. The number of hydrogen-bond acceptors (Lipinski definition) is 7. The number of aromatic amines is 1. The topological polar surface area (TPSA) is 108 Å². The smallest absolute Gasteiger partial charge is 0.305 e. The van der Waals surface area contributed by atoms with E-state index in [1.807, 2.05) is 11.4 Å². The standard InChI is InChI=1S/C20H18N2O5S3/c23-10(24)3-4-22-18(25)12-7-6-8(13(12)19(22)26)15-11(7)14(9-2-1-5-28-9)16-17(29-15)21-20(27)30-16/h1-2,5,7-8,11-15H,3-4,6H2,(H,21,27)(H,23,24)/t7-,8-,11+,12-,13+,14+,15-/m1/s1. The number of thiazole rings is 1. The number of likely N-dealkylation sites (tertiary alicyclic amines) is 1. The number of H-pyrrole nitrogens is 1. The van der Waals surface area contributed by atoms with Gasteiger partial charge in [-0.1, -0.05) is 17.4 Å². The van der Waals surface area contributed by atoms with E-state index in [-0.39, 0.29) is 70.4 Å². The van der Waals surface area contributed by atoms with Crippen LogP contribution in [0.3, 0.4) is 0 Å². The predicted octanol–water partition coefficient (Wildman–Crippen LogP) is 2.45.